The Hall–Kier alpha value is -0.410. The van der Waals surface area contributed by atoms with E-state index in [0.717, 1.165) is 29.2 Å². The van der Waals surface area contributed by atoms with E-state index >= 15 is 0 Å². The van der Waals surface area contributed by atoms with Crippen LogP contribution in [-0.2, 0) is 5.75 Å². The summed E-state index contributed by atoms with van der Waals surface area (Å²) in [5.41, 5.74) is 5.81. The predicted molar refractivity (Wildman–Crippen MR) is 64.8 cm³/mol. The lowest BCUT2D eigenvalue weighted by Gasteiger charge is -2.29. The lowest BCUT2D eigenvalue weighted by atomic mass is 9.89. The third-order valence-electron chi connectivity index (χ3n) is 3.16. The van der Waals surface area contributed by atoms with Crippen LogP contribution in [-0.4, -0.2) is 11.8 Å². The maximum Gasteiger partial charge on any atom is 0.113 e. The molecule has 1 heterocycles. The largest absolute Gasteiger partial charge is 0.468 e. The van der Waals surface area contributed by atoms with Crippen LogP contribution >= 0.6 is 11.8 Å². The summed E-state index contributed by atoms with van der Waals surface area (Å²) in [4.78, 5) is 0. The second-order valence-corrected chi connectivity index (χ2v) is 5.44. The van der Waals surface area contributed by atoms with Gasteiger partial charge >= 0.3 is 0 Å². The highest BCUT2D eigenvalue weighted by atomic mass is 32.2. The number of rotatable bonds is 4. The van der Waals surface area contributed by atoms with Gasteiger partial charge in [0.05, 0.1) is 12.0 Å². The van der Waals surface area contributed by atoms with Gasteiger partial charge in [-0.05, 0) is 37.4 Å². The van der Waals surface area contributed by atoms with Gasteiger partial charge in [-0.3, -0.25) is 0 Å². The summed E-state index contributed by atoms with van der Waals surface area (Å²) in [6.07, 6.45) is 7.11. The molecule has 0 aromatic carbocycles. The van der Waals surface area contributed by atoms with E-state index < -0.39 is 0 Å². The van der Waals surface area contributed by atoms with Gasteiger partial charge in [-0.25, -0.2) is 0 Å². The Morgan fingerprint density at radius 3 is 3.00 bits per heavy atom. The Morgan fingerprint density at radius 1 is 1.40 bits per heavy atom. The molecule has 0 radical (unpaired) electrons. The lowest BCUT2D eigenvalue weighted by molar-refractivity contribution is 0.378. The zero-order valence-corrected chi connectivity index (χ0v) is 9.84. The molecular weight excluding hydrogens is 206 g/mol. The third kappa shape index (κ3) is 3.02. The summed E-state index contributed by atoms with van der Waals surface area (Å²) in [6, 6.07) is 4.00. The van der Waals surface area contributed by atoms with Crippen molar-refractivity contribution in [1.82, 2.24) is 0 Å². The maximum atomic E-state index is 5.81. The first-order valence-electron chi connectivity index (χ1n) is 5.74. The molecule has 2 nitrogen and oxygen atoms in total. The Kier molecular flexibility index (Phi) is 4.15. The van der Waals surface area contributed by atoms with Crippen molar-refractivity contribution in [3.8, 4) is 0 Å². The van der Waals surface area contributed by atoms with Gasteiger partial charge in [-0.15, -0.1) is 0 Å². The van der Waals surface area contributed by atoms with Gasteiger partial charge in [-0.1, -0.05) is 12.8 Å². The number of hydrogen-bond acceptors (Lipinski definition) is 3. The number of thioether (sulfide) groups is 1. The molecule has 1 aromatic rings. The predicted octanol–water partition coefficient (Wildman–Crippen LogP) is 3.03. The van der Waals surface area contributed by atoms with Crippen LogP contribution in [0.25, 0.3) is 0 Å². The Balaban J connectivity index is 1.81. The standard InChI is InChI=1S/C12H19NOS/c13-8-10-4-1-2-6-12(10)15-9-11-5-3-7-14-11/h3,5,7,10,12H,1-2,4,6,8-9,13H2. The van der Waals surface area contributed by atoms with Crippen molar-refractivity contribution < 1.29 is 4.42 Å². The molecule has 1 saturated carbocycles. The number of furan rings is 1. The zero-order chi connectivity index (χ0) is 10.5. The summed E-state index contributed by atoms with van der Waals surface area (Å²) in [7, 11) is 0. The average molecular weight is 225 g/mol. The van der Waals surface area contributed by atoms with Crippen LogP contribution in [0.5, 0.6) is 0 Å². The van der Waals surface area contributed by atoms with Crippen molar-refractivity contribution in [3.05, 3.63) is 24.2 Å². The average Bonchev–Trinajstić information content (AvgIpc) is 2.79. The molecule has 1 aromatic heterocycles. The minimum atomic E-state index is 0.721. The number of nitrogens with two attached hydrogens (primary N) is 1. The van der Waals surface area contributed by atoms with Crippen molar-refractivity contribution in [2.24, 2.45) is 11.7 Å². The molecular formula is C12H19NOS. The quantitative estimate of drug-likeness (QED) is 0.856. The van der Waals surface area contributed by atoms with Gasteiger partial charge in [0, 0.05) is 5.25 Å². The molecule has 0 spiro atoms. The van der Waals surface area contributed by atoms with Crippen molar-refractivity contribution in [2.75, 3.05) is 6.54 Å². The monoisotopic (exact) mass is 225 g/mol. The molecule has 0 amide bonds. The summed E-state index contributed by atoms with van der Waals surface area (Å²) < 4.78 is 5.34. The van der Waals surface area contributed by atoms with Crippen molar-refractivity contribution in [3.63, 3.8) is 0 Å². The summed E-state index contributed by atoms with van der Waals surface area (Å²) in [6.45, 7) is 0.843. The van der Waals surface area contributed by atoms with E-state index in [2.05, 4.69) is 0 Å². The topological polar surface area (TPSA) is 39.2 Å². The third-order valence-corrected chi connectivity index (χ3v) is 4.66. The van der Waals surface area contributed by atoms with E-state index in [4.69, 9.17) is 10.2 Å². The van der Waals surface area contributed by atoms with Gasteiger partial charge < -0.3 is 10.2 Å². The molecule has 15 heavy (non-hydrogen) atoms. The summed E-state index contributed by atoms with van der Waals surface area (Å²) in [5.74, 6) is 2.80. The SMILES string of the molecule is NCC1CCCCC1SCc1ccco1. The number of hydrogen-bond donors (Lipinski definition) is 1. The molecule has 2 rings (SSSR count). The Morgan fingerprint density at radius 2 is 2.27 bits per heavy atom. The van der Waals surface area contributed by atoms with Gasteiger partial charge in [-0.2, -0.15) is 11.8 Å². The van der Waals surface area contributed by atoms with Crippen LogP contribution < -0.4 is 5.73 Å². The molecule has 0 aliphatic heterocycles. The van der Waals surface area contributed by atoms with E-state index in [9.17, 15) is 0 Å². The Bertz CT molecular complexity index is 273. The first-order chi connectivity index (χ1) is 7.40. The molecule has 2 N–H and O–H groups in total. The molecule has 0 saturated heterocycles. The van der Waals surface area contributed by atoms with Crippen molar-refractivity contribution in [1.29, 1.82) is 0 Å². The lowest BCUT2D eigenvalue weighted by Crippen LogP contribution is -2.28. The highest BCUT2D eigenvalue weighted by Gasteiger charge is 2.24. The van der Waals surface area contributed by atoms with Crippen molar-refractivity contribution in [2.45, 2.75) is 36.7 Å². The van der Waals surface area contributed by atoms with Crippen LogP contribution in [0.15, 0.2) is 22.8 Å². The molecule has 2 atom stereocenters. The fraction of sp³-hybridized carbons (Fsp3) is 0.667. The van der Waals surface area contributed by atoms with Gasteiger partial charge in [0.2, 0.25) is 0 Å². The highest BCUT2D eigenvalue weighted by Crippen LogP contribution is 2.34. The zero-order valence-electron chi connectivity index (χ0n) is 9.02. The van der Waals surface area contributed by atoms with E-state index in [-0.39, 0.29) is 0 Å². The Labute approximate surface area is 95.6 Å². The molecule has 0 bridgehead atoms. The second kappa shape index (κ2) is 5.61. The summed E-state index contributed by atoms with van der Waals surface area (Å²) in [5, 5.41) is 0.744. The molecule has 1 fully saturated rings. The molecule has 1 aliphatic carbocycles. The van der Waals surface area contributed by atoms with Crippen LogP contribution in [0.2, 0.25) is 0 Å². The van der Waals surface area contributed by atoms with E-state index in [1.807, 2.05) is 23.9 Å². The minimum Gasteiger partial charge on any atom is -0.468 e. The normalized spacial score (nSPS) is 26.7. The molecule has 1 aliphatic rings. The fourth-order valence-corrected chi connectivity index (χ4v) is 3.64. The smallest absolute Gasteiger partial charge is 0.113 e. The minimum absolute atomic E-state index is 0.721. The van der Waals surface area contributed by atoms with Gasteiger partial charge in [0.15, 0.2) is 0 Å². The van der Waals surface area contributed by atoms with Crippen molar-refractivity contribution >= 4 is 11.8 Å². The van der Waals surface area contributed by atoms with Crippen LogP contribution in [0.3, 0.4) is 0 Å². The first-order valence-corrected chi connectivity index (χ1v) is 6.79. The van der Waals surface area contributed by atoms with E-state index in [1.54, 1.807) is 6.26 Å². The van der Waals surface area contributed by atoms with Crippen LogP contribution in [0.4, 0.5) is 0 Å². The first kappa shape index (κ1) is 11.1. The molecule has 2 unspecified atom stereocenters. The molecule has 84 valence electrons. The van der Waals surface area contributed by atoms with Crippen LogP contribution in [0.1, 0.15) is 31.4 Å². The van der Waals surface area contributed by atoms with Gasteiger partial charge in [0.25, 0.3) is 0 Å². The highest BCUT2D eigenvalue weighted by molar-refractivity contribution is 7.99. The van der Waals surface area contributed by atoms with E-state index in [1.165, 1.54) is 25.7 Å². The fourth-order valence-electron chi connectivity index (χ4n) is 2.25. The van der Waals surface area contributed by atoms with Crippen LogP contribution in [0, 0.1) is 5.92 Å². The van der Waals surface area contributed by atoms with E-state index in [0.29, 0.717) is 0 Å². The molecule has 3 heteroatoms. The summed E-state index contributed by atoms with van der Waals surface area (Å²) >= 11 is 2.01. The van der Waals surface area contributed by atoms with Gasteiger partial charge in [0.1, 0.15) is 5.76 Å². The maximum absolute atomic E-state index is 5.81. The second-order valence-electron chi connectivity index (χ2n) is 4.21.